The topological polar surface area (TPSA) is 74.3 Å². The lowest BCUT2D eigenvalue weighted by molar-refractivity contribution is -0.419. The number of ether oxygens (including phenoxy) is 2. The van der Waals surface area contributed by atoms with E-state index in [1.807, 2.05) is 19.9 Å². The number of carbonyl (C=O) groups is 2. The predicted molar refractivity (Wildman–Crippen MR) is 116 cm³/mol. The Bertz CT molecular complexity index is 744. The van der Waals surface area contributed by atoms with Crippen molar-refractivity contribution in [3.05, 3.63) is 35.9 Å². The van der Waals surface area contributed by atoms with Crippen LogP contribution >= 0.6 is 0 Å². The van der Waals surface area contributed by atoms with Gasteiger partial charge >= 0.3 is 11.9 Å². The van der Waals surface area contributed by atoms with Gasteiger partial charge in [0.05, 0.1) is 24.7 Å². The van der Waals surface area contributed by atoms with Gasteiger partial charge in [-0.05, 0) is 44.1 Å². The van der Waals surface area contributed by atoms with E-state index in [1.165, 1.54) is 12.3 Å². The zero-order valence-electron chi connectivity index (χ0n) is 19.4. The van der Waals surface area contributed by atoms with Crippen LogP contribution in [0.15, 0.2) is 30.3 Å². The molecule has 1 saturated heterocycles. The molecular weight excluding hydrogens is 402 g/mol. The highest BCUT2D eigenvalue weighted by molar-refractivity contribution is 6.74. The second kappa shape index (κ2) is 9.17. The number of esters is 2. The highest BCUT2D eigenvalue weighted by atomic mass is 28.4. The quantitative estimate of drug-likeness (QED) is 0.479. The Morgan fingerprint density at radius 2 is 1.80 bits per heavy atom. The minimum atomic E-state index is -2.28. The van der Waals surface area contributed by atoms with Crippen molar-refractivity contribution in [2.75, 3.05) is 7.11 Å². The Hall–Kier alpha value is -1.74. The fourth-order valence-electron chi connectivity index (χ4n) is 2.91. The van der Waals surface area contributed by atoms with Crippen LogP contribution in [0.1, 0.15) is 57.8 Å². The molecule has 1 aliphatic rings. The summed E-state index contributed by atoms with van der Waals surface area (Å²) in [7, 11) is -0.950. The first-order valence-corrected chi connectivity index (χ1v) is 13.2. The Kier molecular flexibility index (Phi) is 7.50. The van der Waals surface area contributed by atoms with Crippen LogP contribution in [0, 0.1) is 0 Å². The lowest BCUT2D eigenvalue weighted by atomic mass is 9.93. The molecule has 0 radical (unpaired) electrons. The summed E-state index contributed by atoms with van der Waals surface area (Å²) < 4.78 is 17.2. The molecule has 1 aliphatic heterocycles. The van der Waals surface area contributed by atoms with E-state index in [-0.39, 0.29) is 11.5 Å². The Labute approximate surface area is 180 Å². The number of carbonyl (C=O) groups excluding carboxylic acids is 2. The minimum Gasteiger partial charge on any atom is -0.469 e. The molecule has 30 heavy (non-hydrogen) atoms. The molecule has 0 aromatic heterocycles. The number of hydrogen-bond acceptors (Lipinski definition) is 7. The number of benzene rings is 1. The standard InChI is InChI=1S/C22H35NO6Si/c1-21(2,3)30(7,8)29-23-17(14-19(24)26-6)18(15-22(4,5)28-23)27-20(25)16-12-10-9-11-13-16/h9-13,17-18H,14-15H2,1-8H3/t17-,18-/m0/s1. The van der Waals surface area contributed by atoms with Crippen LogP contribution in [0.25, 0.3) is 0 Å². The maximum Gasteiger partial charge on any atom is 0.338 e. The van der Waals surface area contributed by atoms with E-state index in [0.717, 1.165) is 0 Å². The van der Waals surface area contributed by atoms with Crippen molar-refractivity contribution in [1.29, 1.82) is 0 Å². The van der Waals surface area contributed by atoms with Crippen LogP contribution in [0.4, 0.5) is 0 Å². The first kappa shape index (κ1) is 24.5. The molecule has 1 heterocycles. The molecule has 2 rings (SSSR count). The summed E-state index contributed by atoms with van der Waals surface area (Å²) in [6, 6.07) is 8.18. The molecule has 1 fully saturated rings. The molecule has 8 heteroatoms. The molecule has 168 valence electrons. The maximum absolute atomic E-state index is 12.7. The van der Waals surface area contributed by atoms with Gasteiger partial charge < -0.3 is 14.0 Å². The summed E-state index contributed by atoms with van der Waals surface area (Å²) >= 11 is 0. The van der Waals surface area contributed by atoms with Gasteiger partial charge in [-0.1, -0.05) is 44.2 Å². The average molecular weight is 438 g/mol. The Morgan fingerprint density at radius 3 is 2.33 bits per heavy atom. The van der Waals surface area contributed by atoms with Gasteiger partial charge in [-0.3, -0.25) is 9.63 Å². The van der Waals surface area contributed by atoms with E-state index in [1.54, 1.807) is 24.3 Å². The van der Waals surface area contributed by atoms with Crippen molar-refractivity contribution in [1.82, 2.24) is 5.23 Å². The molecule has 1 aromatic rings. The minimum absolute atomic E-state index is 0.0199. The van der Waals surface area contributed by atoms with E-state index in [2.05, 4.69) is 33.9 Å². The van der Waals surface area contributed by atoms with Crippen LogP contribution in [-0.2, 0) is 23.6 Å². The van der Waals surface area contributed by atoms with Crippen LogP contribution in [-0.4, -0.2) is 50.3 Å². The first-order chi connectivity index (χ1) is 13.8. The zero-order chi connectivity index (χ0) is 22.7. The fraction of sp³-hybridized carbons (Fsp3) is 0.636. The van der Waals surface area contributed by atoms with Crippen molar-refractivity contribution in [3.63, 3.8) is 0 Å². The van der Waals surface area contributed by atoms with Gasteiger partial charge in [0, 0.05) is 6.42 Å². The van der Waals surface area contributed by atoms with Crippen molar-refractivity contribution in [2.24, 2.45) is 0 Å². The summed E-state index contributed by atoms with van der Waals surface area (Å²) in [4.78, 5) is 31.0. The normalized spacial score (nSPS) is 22.4. The third kappa shape index (κ3) is 6.13. The number of nitrogens with zero attached hydrogens (tertiary/aromatic N) is 1. The lowest BCUT2D eigenvalue weighted by Gasteiger charge is -2.49. The van der Waals surface area contributed by atoms with E-state index in [0.29, 0.717) is 12.0 Å². The van der Waals surface area contributed by atoms with E-state index in [4.69, 9.17) is 18.8 Å². The number of methoxy groups -OCH3 is 1. The summed E-state index contributed by atoms with van der Waals surface area (Å²) in [5.74, 6) is -0.867. The highest BCUT2D eigenvalue weighted by Gasteiger charge is 2.49. The fourth-order valence-corrected chi connectivity index (χ4v) is 3.81. The molecule has 0 amide bonds. The second-order valence-corrected chi connectivity index (χ2v) is 14.6. The smallest absolute Gasteiger partial charge is 0.338 e. The molecule has 0 N–H and O–H groups in total. The average Bonchev–Trinajstić information content (AvgIpc) is 2.63. The largest absolute Gasteiger partial charge is 0.469 e. The molecular formula is C22H35NO6Si. The SMILES string of the molecule is COC(=O)C[C@H]1[C@@H](OC(=O)c2ccccc2)CC(C)(C)ON1O[Si](C)(C)C(C)(C)C. The molecule has 0 saturated carbocycles. The van der Waals surface area contributed by atoms with Gasteiger partial charge in [-0.25, -0.2) is 4.79 Å². The monoisotopic (exact) mass is 437 g/mol. The molecule has 0 bridgehead atoms. The van der Waals surface area contributed by atoms with E-state index in [9.17, 15) is 9.59 Å². The zero-order valence-corrected chi connectivity index (χ0v) is 20.4. The van der Waals surface area contributed by atoms with Crippen molar-refractivity contribution >= 4 is 20.3 Å². The second-order valence-electron chi connectivity index (χ2n) is 9.85. The highest BCUT2D eigenvalue weighted by Crippen LogP contribution is 2.40. The van der Waals surface area contributed by atoms with Gasteiger partial charge in [0.15, 0.2) is 0 Å². The van der Waals surface area contributed by atoms with Crippen molar-refractivity contribution < 1.29 is 28.4 Å². The van der Waals surface area contributed by atoms with Gasteiger partial charge in [-0.2, -0.15) is 0 Å². The molecule has 0 unspecified atom stereocenters. The van der Waals surface area contributed by atoms with Crippen LogP contribution in [0.3, 0.4) is 0 Å². The summed E-state index contributed by atoms with van der Waals surface area (Å²) in [5, 5.41) is 1.32. The van der Waals surface area contributed by atoms with Crippen LogP contribution in [0.5, 0.6) is 0 Å². The Morgan fingerprint density at radius 1 is 1.20 bits per heavy atom. The molecule has 2 atom stereocenters. The summed E-state index contributed by atoms with van der Waals surface area (Å²) in [6.45, 7) is 14.4. The van der Waals surface area contributed by atoms with Crippen LogP contribution < -0.4 is 0 Å². The van der Waals surface area contributed by atoms with E-state index < -0.39 is 38.0 Å². The van der Waals surface area contributed by atoms with Crippen molar-refractivity contribution in [2.45, 2.75) is 83.3 Å². The van der Waals surface area contributed by atoms with E-state index >= 15 is 0 Å². The van der Waals surface area contributed by atoms with Gasteiger partial charge in [-0.15, -0.1) is 0 Å². The first-order valence-electron chi connectivity index (χ1n) is 10.3. The molecule has 1 aromatic carbocycles. The maximum atomic E-state index is 12.7. The molecule has 7 nitrogen and oxygen atoms in total. The lowest BCUT2D eigenvalue weighted by Crippen LogP contribution is -2.60. The Balaban J connectivity index is 2.34. The molecule has 0 aliphatic carbocycles. The third-order valence-electron chi connectivity index (χ3n) is 5.73. The summed E-state index contributed by atoms with van der Waals surface area (Å²) in [6.07, 6.45) is -0.205. The number of rotatable bonds is 6. The summed E-state index contributed by atoms with van der Waals surface area (Å²) in [5.41, 5.74) is -0.188. The van der Waals surface area contributed by atoms with Gasteiger partial charge in [0.25, 0.3) is 0 Å². The van der Waals surface area contributed by atoms with Crippen LogP contribution in [0.2, 0.25) is 18.1 Å². The molecule has 0 spiro atoms. The van der Waals surface area contributed by atoms with Gasteiger partial charge in [0.1, 0.15) is 12.1 Å². The number of hydroxylamine groups is 2. The third-order valence-corrected chi connectivity index (χ3v) is 9.97. The van der Waals surface area contributed by atoms with Gasteiger partial charge in [0.2, 0.25) is 8.32 Å². The number of hydrogen-bond donors (Lipinski definition) is 0. The van der Waals surface area contributed by atoms with Crippen molar-refractivity contribution in [3.8, 4) is 0 Å². The predicted octanol–water partition coefficient (Wildman–Crippen LogP) is 4.50.